The number of hydrogen-bond acceptors (Lipinski definition) is 3. The molecule has 132 valence electrons. The molecule has 0 radical (unpaired) electrons. The molecule has 1 N–H and O–H groups in total. The first-order valence-corrected chi connectivity index (χ1v) is 9.78. The molecule has 1 heterocycles. The summed E-state index contributed by atoms with van der Waals surface area (Å²) in [7, 11) is 0. The maximum atomic E-state index is 5.00. The van der Waals surface area contributed by atoms with Gasteiger partial charge in [-0.3, -0.25) is 0 Å². The Bertz CT molecular complexity index is 1060. The summed E-state index contributed by atoms with van der Waals surface area (Å²) in [6.07, 6.45) is 0.641. The third kappa shape index (κ3) is 3.45. The average molecular weight is 369 g/mol. The maximum absolute atomic E-state index is 5.00. The largest absolute Gasteiger partial charge is 0.369 e. The van der Waals surface area contributed by atoms with E-state index >= 15 is 0 Å². The molecule has 0 aliphatic carbocycles. The molecular formula is C24H20N2S. The molecule has 1 unspecified atom stereocenters. The number of anilines is 1. The van der Waals surface area contributed by atoms with Gasteiger partial charge in [0.1, 0.15) is 10.5 Å². The Morgan fingerprint density at radius 2 is 1.56 bits per heavy atom. The lowest BCUT2D eigenvalue weighted by Crippen LogP contribution is -2.36. The molecule has 0 aliphatic rings. The van der Waals surface area contributed by atoms with Crippen molar-refractivity contribution in [1.82, 2.24) is 4.98 Å². The molecule has 1 atom stereocenters. The predicted octanol–water partition coefficient (Wildman–Crippen LogP) is 6.07. The summed E-state index contributed by atoms with van der Waals surface area (Å²) in [4.78, 5) is 5.00. The highest BCUT2D eigenvalue weighted by Crippen LogP contribution is 2.40. The van der Waals surface area contributed by atoms with Gasteiger partial charge in [0.25, 0.3) is 0 Å². The van der Waals surface area contributed by atoms with E-state index in [-0.39, 0.29) is 0 Å². The zero-order valence-corrected chi connectivity index (χ0v) is 16.0. The van der Waals surface area contributed by atoms with Gasteiger partial charge in [-0.2, -0.15) is 0 Å². The normalized spacial score (nSPS) is 12.8. The van der Waals surface area contributed by atoms with Gasteiger partial charge >= 0.3 is 0 Å². The van der Waals surface area contributed by atoms with Crippen LogP contribution in [0.4, 0.5) is 5.69 Å². The number of nitrogens with one attached hydrogen (secondary N) is 1. The molecule has 2 nitrogen and oxygen atoms in total. The first-order valence-electron chi connectivity index (χ1n) is 8.96. The van der Waals surface area contributed by atoms with Crippen LogP contribution >= 0.6 is 11.3 Å². The van der Waals surface area contributed by atoms with E-state index in [1.807, 2.05) is 37.3 Å². The third-order valence-electron chi connectivity index (χ3n) is 4.59. The highest BCUT2D eigenvalue weighted by molar-refractivity contribution is 7.18. The summed E-state index contributed by atoms with van der Waals surface area (Å²) < 4.78 is 1.19. The van der Waals surface area contributed by atoms with E-state index in [1.165, 1.54) is 4.70 Å². The number of fused-ring (bicyclic) bond motifs is 1. The Hall–Kier alpha value is -3.09. The van der Waals surface area contributed by atoms with Crippen LogP contribution in [0, 0.1) is 11.8 Å². The van der Waals surface area contributed by atoms with Crippen LogP contribution in [0.2, 0.25) is 0 Å². The molecule has 0 amide bonds. The van der Waals surface area contributed by atoms with Gasteiger partial charge in [0, 0.05) is 12.1 Å². The van der Waals surface area contributed by atoms with E-state index in [2.05, 4.69) is 71.8 Å². The minimum Gasteiger partial charge on any atom is -0.369 e. The number of thiazole rings is 1. The fourth-order valence-electron chi connectivity index (χ4n) is 3.24. The monoisotopic (exact) mass is 368 g/mol. The molecule has 4 rings (SSSR count). The van der Waals surface area contributed by atoms with Gasteiger partial charge in [-0.05, 0) is 36.8 Å². The Labute approximate surface area is 163 Å². The molecule has 3 aromatic carbocycles. The first kappa shape index (κ1) is 17.3. The molecule has 0 saturated heterocycles. The first-order chi connectivity index (χ1) is 13.3. The van der Waals surface area contributed by atoms with Gasteiger partial charge in [-0.1, -0.05) is 60.7 Å². The van der Waals surface area contributed by atoms with Crippen molar-refractivity contribution in [3.8, 4) is 11.8 Å². The van der Waals surface area contributed by atoms with Crippen molar-refractivity contribution in [3.05, 3.63) is 95.5 Å². The van der Waals surface area contributed by atoms with Crippen molar-refractivity contribution in [3.63, 3.8) is 0 Å². The minimum atomic E-state index is -0.505. The number of aromatic nitrogens is 1. The Morgan fingerprint density at radius 1 is 0.889 bits per heavy atom. The molecule has 0 saturated carbocycles. The summed E-state index contributed by atoms with van der Waals surface area (Å²) in [6, 6.07) is 29.1. The Balaban J connectivity index is 1.94. The Kier molecular flexibility index (Phi) is 4.91. The van der Waals surface area contributed by atoms with Gasteiger partial charge in [-0.25, -0.2) is 4.98 Å². The van der Waals surface area contributed by atoms with Crippen LogP contribution in [0.25, 0.3) is 10.2 Å². The quantitative estimate of drug-likeness (QED) is 0.433. The van der Waals surface area contributed by atoms with Crippen molar-refractivity contribution < 1.29 is 0 Å². The summed E-state index contributed by atoms with van der Waals surface area (Å²) >= 11 is 1.73. The van der Waals surface area contributed by atoms with Crippen LogP contribution in [-0.2, 0) is 5.54 Å². The number of rotatable bonds is 5. The van der Waals surface area contributed by atoms with Gasteiger partial charge in [0.2, 0.25) is 0 Å². The minimum absolute atomic E-state index is 0.505. The summed E-state index contributed by atoms with van der Waals surface area (Å²) in [5.41, 5.74) is 2.74. The van der Waals surface area contributed by atoms with Crippen LogP contribution < -0.4 is 5.32 Å². The van der Waals surface area contributed by atoms with Crippen molar-refractivity contribution in [2.75, 3.05) is 5.32 Å². The molecule has 4 aromatic rings. The summed E-state index contributed by atoms with van der Waals surface area (Å²) in [6.45, 7) is 1.89. The van der Waals surface area contributed by atoms with Gasteiger partial charge in [-0.15, -0.1) is 23.2 Å². The van der Waals surface area contributed by atoms with Crippen molar-refractivity contribution >= 4 is 27.2 Å². The van der Waals surface area contributed by atoms with E-state index in [9.17, 15) is 0 Å². The molecule has 0 fully saturated rings. The summed E-state index contributed by atoms with van der Waals surface area (Å²) in [5, 5.41) is 4.80. The second-order valence-corrected chi connectivity index (χ2v) is 7.38. The molecule has 1 aromatic heterocycles. The SMILES string of the molecule is CC#CCC(Nc1ccccc1)(c1ccccc1)c1nc2ccccc2s1. The zero-order chi connectivity index (χ0) is 18.5. The number of benzene rings is 3. The van der Waals surface area contributed by atoms with Gasteiger partial charge in [0.05, 0.1) is 10.2 Å². The lowest BCUT2D eigenvalue weighted by Gasteiger charge is -2.33. The van der Waals surface area contributed by atoms with E-state index < -0.39 is 5.54 Å². The fourth-order valence-corrected chi connectivity index (χ4v) is 4.37. The molecule has 0 spiro atoms. The highest BCUT2D eigenvalue weighted by atomic mass is 32.1. The zero-order valence-electron chi connectivity index (χ0n) is 15.1. The molecule has 3 heteroatoms. The van der Waals surface area contributed by atoms with E-state index in [1.54, 1.807) is 11.3 Å². The third-order valence-corrected chi connectivity index (χ3v) is 5.79. The molecule has 0 aliphatic heterocycles. The highest BCUT2D eigenvalue weighted by Gasteiger charge is 2.37. The second kappa shape index (κ2) is 7.65. The van der Waals surface area contributed by atoms with Gasteiger partial charge in [0.15, 0.2) is 0 Å². The van der Waals surface area contributed by atoms with E-state index in [0.717, 1.165) is 21.8 Å². The van der Waals surface area contributed by atoms with Crippen LogP contribution in [0.3, 0.4) is 0 Å². The molecule has 0 bridgehead atoms. The van der Waals surface area contributed by atoms with Gasteiger partial charge < -0.3 is 5.32 Å². The molecular weight excluding hydrogens is 348 g/mol. The van der Waals surface area contributed by atoms with Crippen LogP contribution in [0.5, 0.6) is 0 Å². The second-order valence-electron chi connectivity index (χ2n) is 6.35. The summed E-state index contributed by atoms with van der Waals surface area (Å²) in [5.74, 6) is 6.37. The number of hydrogen-bond donors (Lipinski definition) is 1. The number of para-hydroxylation sites is 2. The van der Waals surface area contributed by atoms with E-state index in [4.69, 9.17) is 4.98 Å². The fraction of sp³-hybridized carbons (Fsp3) is 0.125. The average Bonchev–Trinajstić information content (AvgIpc) is 3.17. The topological polar surface area (TPSA) is 24.9 Å². The lowest BCUT2D eigenvalue weighted by atomic mass is 9.86. The predicted molar refractivity (Wildman–Crippen MR) is 115 cm³/mol. The lowest BCUT2D eigenvalue weighted by molar-refractivity contribution is 0.605. The molecule has 27 heavy (non-hydrogen) atoms. The van der Waals surface area contributed by atoms with Crippen LogP contribution in [-0.4, -0.2) is 4.98 Å². The van der Waals surface area contributed by atoms with Crippen molar-refractivity contribution in [1.29, 1.82) is 0 Å². The smallest absolute Gasteiger partial charge is 0.126 e. The number of nitrogens with zero attached hydrogens (tertiary/aromatic N) is 1. The van der Waals surface area contributed by atoms with E-state index in [0.29, 0.717) is 6.42 Å². The standard InChI is InChI=1S/C24H20N2S/c1-2-3-18-24(19-12-6-4-7-13-19,26-20-14-8-5-9-15-20)23-25-21-16-10-11-17-22(21)27-23/h4-17,26H,18H2,1H3. The van der Waals surface area contributed by atoms with Crippen LogP contribution in [0.15, 0.2) is 84.9 Å². The van der Waals surface area contributed by atoms with Crippen molar-refractivity contribution in [2.24, 2.45) is 0 Å². The van der Waals surface area contributed by atoms with Crippen LogP contribution in [0.1, 0.15) is 23.9 Å². The Morgan fingerprint density at radius 3 is 2.26 bits per heavy atom. The maximum Gasteiger partial charge on any atom is 0.126 e. The van der Waals surface area contributed by atoms with Crippen molar-refractivity contribution in [2.45, 2.75) is 18.9 Å².